The van der Waals surface area contributed by atoms with Crippen molar-refractivity contribution in [2.45, 2.75) is 25.2 Å². The number of allylic oxidation sites excluding steroid dienone is 2. The van der Waals surface area contributed by atoms with Gasteiger partial charge in [0.15, 0.2) is 0 Å². The predicted molar refractivity (Wildman–Crippen MR) is 118 cm³/mol. The van der Waals surface area contributed by atoms with Crippen LogP contribution in [-0.2, 0) is 4.79 Å². The summed E-state index contributed by atoms with van der Waals surface area (Å²) in [5.74, 6) is 2.17. The monoisotopic (exact) mass is 392 g/mol. The quantitative estimate of drug-likeness (QED) is 0.418. The molecule has 0 spiro atoms. The molecule has 0 saturated heterocycles. The maximum Gasteiger partial charge on any atom is 0.137 e. The number of phenols is 1. The number of benzene rings is 4. The van der Waals surface area contributed by atoms with Crippen molar-refractivity contribution in [1.82, 2.24) is 0 Å². The van der Waals surface area contributed by atoms with Gasteiger partial charge in [0.05, 0.1) is 0 Å². The Kier molecular flexibility index (Phi) is 3.72. The van der Waals surface area contributed by atoms with E-state index in [1.807, 2.05) is 36.4 Å². The number of rotatable bonds is 1. The molecule has 1 aliphatic carbocycles. The molecule has 0 fully saturated rings. The van der Waals surface area contributed by atoms with Crippen LogP contribution >= 0.6 is 0 Å². The minimum Gasteiger partial charge on any atom is -0.508 e. The van der Waals surface area contributed by atoms with Gasteiger partial charge in [-0.05, 0) is 50.9 Å². The Morgan fingerprint density at radius 1 is 0.833 bits per heavy atom. The van der Waals surface area contributed by atoms with Crippen LogP contribution in [0.5, 0.6) is 11.5 Å². The number of ether oxygens (including phenoxy) is 1. The first-order valence-electron chi connectivity index (χ1n) is 10.3. The van der Waals surface area contributed by atoms with Crippen LogP contribution in [0.1, 0.15) is 36.3 Å². The van der Waals surface area contributed by atoms with Crippen LogP contribution in [0.25, 0.3) is 21.5 Å². The van der Waals surface area contributed by atoms with Gasteiger partial charge in [0.25, 0.3) is 0 Å². The molecule has 0 saturated carbocycles. The van der Waals surface area contributed by atoms with Gasteiger partial charge < -0.3 is 9.84 Å². The van der Waals surface area contributed by atoms with Crippen molar-refractivity contribution < 1.29 is 14.6 Å². The smallest absolute Gasteiger partial charge is 0.137 e. The largest absolute Gasteiger partial charge is 0.508 e. The van der Waals surface area contributed by atoms with Crippen LogP contribution < -0.4 is 4.74 Å². The van der Waals surface area contributed by atoms with E-state index in [1.165, 1.54) is 10.8 Å². The van der Waals surface area contributed by atoms with Crippen molar-refractivity contribution in [3.05, 3.63) is 95.3 Å². The number of hydrogen-bond donors (Lipinski definition) is 1. The fourth-order valence-electron chi connectivity index (χ4n) is 4.95. The third kappa shape index (κ3) is 2.62. The lowest BCUT2D eigenvalue weighted by atomic mass is 9.75. The van der Waals surface area contributed by atoms with Gasteiger partial charge in [0.2, 0.25) is 0 Å². The van der Waals surface area contributed by atoms with Crippen LogP contribution in [0.15, 0.2) is 84.1 Å². The molecule has 0 radical (unpaired) electrons. The van der Waals surface area contributed by atoms with E-state index >= 15 is 0 Å². The Balaban J connectivity index is 1.66. The first-order valence-corrected chi connectivity index (χ1v) is 10.3. The second-order valence-electron chi connectivity index (χ2n) is 8.19. The molecule has 6 rings (SSSR count). The molecule has 1 unspecified atom stereocenters. The van der Waals surface area contributed by atoms with Gasteiger partial charge in [-0.1, -0.05) is 54.6 Å². The van der Waals surface area contributed by atoms with Crippen molar-refractivity contribution in [3.8, 4) is 11.5 Å². The average Bonchev–Trinajstić information content (AvgIpc) is 2.77. The van der Waals surface area contributed by atoms with Gasteiger partial charge in [-0.25, -0.2) is 0 Å². The first-order chi connectivity index (χ1) is 14.7. The van der Waals surface area contributed by atoms with E-state index in [0.29, 0.717) is 19.3 Å². The molecule has 1 N–H and O–H groups in total. The van der Waals surface area contributed by atoms with Crippen molar-refractivity contribution in [2.75, 3.05) is 0 Å². The number of carbonyl (C=O) groups excluding carboxylic acids is 1. The molecule has 1 heterocycles. The third-order valence-corrected chi connectivity index (χ3v) is 6.36. The van der Waals surface area contributed by atoms with Gasteiger partial charge >= 0.3 is 0 Å². The number of hydrogen-bond acceptors (Lipinski definition) is 3. The summed E-state index contributed by atoms with van der Waals surface area (Å²) in [6, 6.07) is 24.3. The van der Waals surface area contributed by atoms with Crippen LogP contribution in [0.4, 0.5) is 0 Å². The summed E-state index contributed by atoms with van der Waals surface area (Å²) in [7, 11) is 0. The zero-order valence-corrected chi connectivity index (χ0v) is 16.4. The van der Waals surface area contributed by atoms with E-state index in [9.17, 15) is 9.90 Å². The van der Waals surface area contributed by atoms with Crippen LogP contribution in [-0.4, -0.2) is 10.9 Å². The second-order valence-corrected chi connectivity index (χ2v) is 8.19. The second kappa shape index (κ2) is 6.46. The van der Waals surface area contributed by atoms with Crippen molar-refractivity contribution in [3.63, 3.8) is 0 Å². The normalized spacial score (nSPS) is 18.3. The molecule has 30 heavy (non-hydrogen) atoms. The van der Waals surface area contributed by atoms with Crippen LogP contribution in [0.3, 0.4) is 0 Å². The highest BCUT2D eigenvalue weighted by Crippen LogP contribution is 2.50. The molecule has 0 bridgehead atoms. The summed E-state index contributed by atoms with van der Waals surface area (Å²) in [4.78, 5) is 12.4. The van der Waals surface area contributed by atoms with Gasteiger partial charge in [-0.3, -0.25) is 4.79 Å². The van der Waals surface area contributed by atoms with E-state index < -0.39 is 0 Å². The predicted octanol–water partition coefficient (Wildman–Crippen LogP) is 6.23. The average molecular weight is 392 g/mol. The van der Waals surface area contributed by atoms with Crippen LogP contribution in [0, 0.1) is 0 Å². The number of phenolic OH excluding ortho intramolecular Hbond substituents is 1. The Morgan fingerprint density at radius 3 is 2.53 bits per heavy atom. The first kappa shape index (κ1) is 17.3. The van der Waals surface area contributed by atoms with Crippen molar-refractivity contribution in [1.29, 1.82) is 0 Å². The lowest BCUT2D eigenvalue weighted by Gasteiger charge is -2.34. The lowest BCUT2D eigenvalue weighted by molar-refractivity contribution is -0.119. The fourth-order valence-corrected chi connectivity index (χ4v) is 4.95. The molecule has 1 atom stereocenters. The number of aromatic hydroxyl groups is 1. The maximum atomic E-state index is 12.4. The molecule has 2 aliphatic rings. The molecule has 0 amide bonds. The molecule has 0 aromatic heterocycles. The molecule has 3 nitrogen and oxygen atoms in total. The molecule has 4 aromatic carbocycles. The Morgan fingerprint density at radius 2 is 1.63 bits per heavy atom. The number of carbonyl (C=O) groups is 1. The zero-order chi connectivity index (χ0) is 20.2. The van der Waals surface area contributed by atoms with Gasteiger partial charge in [-0.15, -0.1) is 0 Å². The number of ketones is 1. The standard InChI is InChI=1S/C27H20O3/c28-20-9-7-17-8-11-25-27(22(17)14-20)26(23-15-21(29)10-12-24(23)30-25)19-6-5-16-3-1-2-4-18(16)13-19/h1-9,11,13-14,26,28H,10,12,15H2. The summed E-state index contributed by atoms with van der Waals surface area (Å²) in [6.45, 7) is 0. The lowest BCUT2D eigenvalue weighted by Crippen LogP contribution is -2.23. The topological polar surface area (TPSA) is 46.5 Å². The minimum absolute atomic E-state index is 0.0666. The van der Waals surface area contributed by atoms with Crippen LogP contribution in [0.2, 0.25) is 0 Å². The molecule has 1 aliphatic heterocycles. The SMILES string of the molecule is O=C1CCC2=C(C1)C(c1ccc3ccccc3c1)c1c(ccc3ccc(O)cc13)O2. The molecule has 3 heteroatoms. The highest BCUT2D eigenvalue weighted by molar-refractivity contribution is 5.93. The van der Waals surface area contributed by atoms with E-state index in [-0.39, 0.29) is 17.5 Å². The highest BCUT2D eigenvalue weighted by Gasteiger charge is 2.35. The summed E-state index contributed by atoms with van der Waals surface area (Å²) >= 11 is 0. The Hall–Kier alpha value is -3.59. The number of fused-ring (bicyclic) bond motifs is 4. The fraction of sp³-hybridized carbons (Fsp3) is 0.148. The zero-order valence-electron chi connectivity index (χ0n) is 16.4. The number of Topliss-reactive ketones (excluding diaryl/α,β-unsaturated/α-hetero) is 1. The van der Waals surface area contributed by atoms with E-state index in [4.69, 9.17) is 4.74 Å². The molecule has 146 valence electrons. The van der Waals surface area contributed by atoms with Gasteiger partial charge in [0, 0.05) is 30.7 Å². The molecular formula is C27H20O3. The highest BCUT2D eigenvalue weighted by atomic mass is 16.5. The summed E-state index contributed by atoms with van der Waals surface area (Å²) in [5.41, 5.74) is 3.24. The summed E-state index contributed by atoms with van der Waals surface area (Å²) in [5, 5.41) is 14.6. The molecular weight excluding hydrogens is 372 g/mol. The van der Waals surface area contributed by atoms with Gasteiger partial charge in [-0.2, -0.15) is 0 Å². The van der Waals surface area contributed by atoms with Gasteiger partial charge in [0.1, 0.15) is 23.0 Å². The molecule has 4 aromatic rings. The minimum atomic E-state index is -0.0666. The van der Waals surface area contributed by atoms with Crippen molar-refractivity contribution >= 4 is 27.3 Å². The van der Waals surface area contributed by atoms with E-state index in [1.54, 1.807) is 6.07 Å². The maximum absolute atomic E-state index is 12.4. The van der Waals surface area contributed by atoms with E-state index in [0.717, 1.165) is 39.0 Å². The van der Waals surface area contributed by atoms with E-state index in [2.05, 4.69) is 30.3 Å². The Labute approximate surface area is 174 Å². The van der Waals surface area contributed by atoms with Crippen molar-refractivity contribution in [2.24, 2.45) is 0 Å². The Bertz CT molecular complexity index is 1380. The third-order valence-electron chi connectivity index (χ3n) is 6.36. The summed E-state index contributed by atoms with van der Waals surface area (Å²) in [6.07, 6.45) is 1.60. The summed E-state index contributed by atoms with van der Waals surface area (Å²) < 4.78 is 6.32.